The molecule has 1 aliphatic rings. The van der Waals surface area contributed by atoms with Crippen molar-refractivity contribution >= 4 is 5.69 Å². The van der Waals surface area contributed by atoms with E-state index in [-0.39, 0.29) is 5.82 Å². The molecule has 16 heavy (non-hydrogen) atoms. The lowest BCUT2D eigenvalue weighted by atomic mass is 10.0. The van der Waals surface area contributed by atoms with Gasteiger partial charge in [0, 0.05) is 17.8 Å². The third-order valence-electron chi connectivity index (χ3n) is 3.41. The Bertz CT molecular complexity index is 372. The van der Waals surface area contributed by atoms with Crippen LogP contribution < -0.4 is 5.32 Å². The fourth-order valence-corrected chi connectivity index (χ4v) is 2.27. The van der Waals surface area contributed by atoms with E-state index >= 15 is 0 Å². The van der Waals surface area contributed by atoms with Crippen LogP contribution in [0, 0.1) is 12.7 Å². The molecule has 0 atom stereocenters. The van der Waals surface area contributed by atoms with Gasteiger partial charge in [-0.2, -0.15) is 0 Å². The van der Waals surface area contributed by atoms with E-state index in [4.69, 9.17) is 0 Å². The molecule has 2 N–H and O–H groups in total. The Balaban J connectivity index is 2.02. The van der Waals surface area contributed by atoms with Crippen LogP contribution in [-0.4, -0.2) is 17.3 Å². The standard InChI is InChI=1S/C13H18FNO/c1-10-11(14)5-4-6-12(10)15-9-13(16)7-2-3-8-13/h4-6,15-16H,2-3,7-9H2,1H3. The Hall–Kier alpha value is -1.09. The van der Waals surface area contributed by atoms with Crippen molar-refractivity contribution in [3.05, 3.63) is 29.6 Å². The van der Waals surface area contributed by atoms with E-state index in [0.29, 0.717) is 12.1 Å². The first kappa shape index (κ1) is 11.4. The summed E-state index contributed by atoms with van der Waals surface area (Å²) in [4.78, 5) is 0. The fourth-order valence-electron chi connectivity index (χ4n) is 2.27. The van der Waals surface area contributed by atoms with E-state index in [0.717, 1.165) is 31.4 Å². The topological polar surface area (TPSA) is 32.3 Å². The van der Waals surface area contributed by atoms with E-state index in [1.807, 2.05) is 6.07 Å². The van der Waals surface area contributed by atoms with Crippen LogP contribution in [0.2, 0.25) is 0 Å². The van der Waals surface area contributed by atoms with Crippen LogP contribution in [-0.2, 0) is 0 Å². The number of halogens is 1. The van der Waals surface area contributed by atoms with Crippen molar-refractivity contribution < 1.29 is 9.50 Å². The van der Waals surface area contributed by atoms with Crippen molar-refractivity contribution in [1.29, 1.82) is 0 Å². The van der Waals surface area contributed by atoms with Crippen molar-refractivity contribution in [2.45, 2.75) is 38.2 Å². The van der Waals surface area contributed by atoms with Crippen molar-refractivity contribution in [3.8, 4) is 0 Å². The van der Waals surface area contributed by atoms with E-state index in [9.17, 15) is 9.50 Å². The van der Waals surface area contributed by atoms with Crippen molar-refractivity contribution in [2.75, 3.05) is 11.9 Å². The summed E-state index contributed by atoms with van der Waals surface area (Å²) in [5.41, 5.74) is 0.795. The molecule has 0 spiro atoms. The number of rotatable bonds is 3. The molecule has 0 unspecified atom stereocenters. The van der Waals surface area contributed by atoms with Crippen LogP contribution in [0.15, 0.2) is 18.2 Å². The van der Waals surface area contributed by atoms with Gasteiger partial charge >= 0.3 is 0 Å². The monoisotopic (exact) mass is 223 g/mol. The molecule has 0 radical (unpaired) electrons. The van der Waals surface area contributed by atoms with Crippen LogP contribution >= 0.6 is 0 Å². The normalized spacial score (nSPS) is 18.7. The molecule has 0 heterocycles. The highest BCUT2D eigenvalue weighted by Gasteiger charge is 2.30. The van der Waals surface area contributed by atoms with Gasteiger partial charge in [0.2, 0.25) is 0 Å². The molecule has 1 fully saturated rings. The molecule has 1 saturated carbocycles. The predicted molar refractivity (Wildman–Crippen MR) is 63.0 cm³/mol. The highest BCUT2D eigenvalue weighted by atomic mass is 19.1. The zero-order chi connectivity index (χ0) is 11.6. The number of hydrogen-bond donors (Lipinski definition) is 2. The number of benzene rings is 1. The molecule has 88 valence electrons. The van der Waals surface area contributed by atoms with Crippen LogP contribution in [0.1, 0.15) is 31.2 Å². The SMILES string of the molecule is Cc1c(F)cccc1NCC1(O)CCCC1. The third-order valence-corrected chi connectivity index (χ3v) is 3.41. The third kappa shape index (κ3) is 2.35. The maximum absolute atomic E-state index is 13.3. The second-order valence-electron chi connectivity index (χ2n) is 4.70. The van der Waals surface area contributed by atoms with E-state index in [1.54, 1.807) is 13.0 Å². The van der Waals surface area contributed by atoms with Crippen LogP contribution in [0.4, 0.5) is 10.1 Å². The van der Waals surface area contributed by atoms with E-state index in [1.165, 1.54) is 6.07 Å². The van der Waals surface area contributed by atoms with Crippen molar-refractivity contribution in [3.63, 3.8) is 0 Å². The predicted octanol–water partition coefficient (Wildman–Crippen LogP) is 2.85. The zero-order valence-corrected chi connectivity index (χ0v) is 9.59. The van der Waals surface area contributed by atoms with Crippen molar-refractivity contribution in [1.82, 2.24) is 0 Å². The average Bonchev–Trinajstić information content (AvgIpc) is 2.68. The van der Waals surface area contributed by atoms with Crippen LogP contribution in [0.5, 0.6) is 0 Å². The Morgan fingerprint density at radius 2 is 2.06 bits per heavy atom. The molecule has 0 aromatic heterocycles. The van der Waals surface area contributed by atoms with Gasteiger partial charge in [-0.05, 0) is 31.9 Å². The molecule has 0 bridgehead atoms. The maximum Gasteiger partial charge on any atom is 0.128 e. The minimum absolute atomic E-state index is 0.205. The fraction of sp³-hybridized carbons (Fsp3) is 0.538. The summed E-state index contributed by atoms with van der Waals surface area (Å²) in [5.74, 6) is -0.205. The largest absolute Gasteiger partial charge is 0.388 e. The smallest absolute Gasteiger partial charge is 0.128 e. The van der Waals surface area contributed by atoms with Gasteiger partial charge in [0.05, 0.1) is 5.60 Å². The summed E-state index contributed by atoms with van der Waals surface area (Å²) < 4.78 is 13.3. The second-order valence-corrected chi connectivity index (χ2v) is 4.70. The molecule has 1 aromatic carbocycles. The van der Waals surface area contributed by atoms with Crippen LogP contribution in [0.3, 0.4) is 0 Å². The zero-order valence-electron chi connectivity index (χ0n) is 9.59. The van der Waals surface area contributed by atoms with Gasteiger partial charge in [0.1, 0.15) is 5.82 Å². The molecule has 1 aliphatic carbocycles. The average molecular weight is 223 g/mol. The maximum atomic E-state index is 13.3. The first-order valence-electron chi connectivity index (χ1n) is 5.82. The summed E-state index contributed by atoms with van der Waals surface area (Å²) in [6.07, 6.45) is 3.85. The van der Waals surface area contributed by atoms with E-state index < -0.39 is 5.60 Å². The minimum Gasteiger partial charge on any atom is -0.388 e. The van der Waals surface area contributed by atoms with Crippen molar-refractivity contribution in [2.24, 2.45) is 0 Å². The number of aliphatic hydroxyl groups is 1. The quantitative estimate of drug-likeness (QED) is 0.825. The molecule has 0 amide bonds. The number of anilines is 1. The highest BCUT2D eigenvalue weighted by Crippen LogP contribution is 2.30. The minimum atomic E-state index is -0.598. The number of nitrogens with one attached hydrogen (secondary N) is 1. The van der Waals surface area contributed by atoms with Crippen LogP contribution in [0.25, 0.3) is 0 Å². The molecule has 3 heteroatoms. The Morgan fingerprint density at radius 1 is 1.38 bits per heavy atom. The Kier molecular flexibility index (Phi) is 3.15. The molecule has 1 aromatic rings. The van der Waals surface area contributed by atoms with Gasteiger partial charge < -0.3 is 10.4 Å². The Labute approximate surface area is 95.5 Å². The summed E-state index contributed by atoms with van der Waals surface area (Å²) in [6, 6.07) is 4.98. The van der Waals surface area contributed by atoms with Gasteiger partial charge in [-0.1, -0.05) is 18.9 Å². The molecule has 0 aliphatic heterocycles. The van der Waals surface area contributed by atoms with Gasteiger partial charge in [-0.15, -0.1) is 0 Å². The second kappa shape index (κ2) is 4.42. The summed E-state index contributed by atoms with van der Waals surface area (Å²) >= 11 is 0. The molecule has 2 rings (SSSR count). The lowest BCUT2D eigenvalue weighted by Crippen LogP contribution is -2.33. The summed E-state index contributed by atoms with van der Waals surface area (Å²) in [5, 5.41) is 13.3. The van der Waals surface area contributed by atoms with Gasteiger partial charge in [0.25, 0.3) is 0 Å². The first-order chi connectivity index (χ1) is 7.61. The Morgan fingerprint density at radius 3 is 2.75 bits per heavy atom. The van der Waals surface area contributed by atoms with Gasteiger partial charge in [0.15, 0.2) is 0 Å². The first-order valence-corrected chi connectivity index (χ1v) is 5.82. The molecular weight excluding hydrogens is 205 g/mol. The van der Waals surface area contributed by atoms with Gasteiger partial charge in [-0.3, -0.25) is 0 Å². The summed E-state index contributed by atoms with van der Waals surface area (Å²) in [6.45, 7) is 2.26. The van der Waals surface area contributed by atoms with Gasteiger partial charge in [-0.25, -0.2) is 4.39 Å². The molecular formula is C13H18FNO. The molecule has 0 saturated heterocycles. The highest BCUT2D eigenvalue weighted by molar-refractivity contribution is 5.51. The lowest BCUT2D eigenvalue weighted by molar-refractivity contribution is 0.0614. The molecule has 2 nitrogen and oxygen atoms in total. The summed E-state index contributed by atoms with van der Waals surface area (Å²) in [7, 11) is 0. The number of hydrogen-bond acceptors (Lipinski definition) is 2. The van der Waals surface area contributed by atoms with E-state index in [2.05, 4.69) is 5.32 Å². The lowest BCUT2D eigenvalue weighted by Gasteiger charge is -2.23.